The van der Waals surface area contributed by atoms with E-state index in [1.807, 2.05) is 0 Å². The smallest absolute Gasteiger partial charge is 0.325 e. The van der Waals surface area contributed by atoms with Gasteiger partial charge in [-0.2, -0.15) is 0 Å². The SMILES string of the molecule is CCN1C(=O)NC(c2ccc(NC(C)=O)cc2)C1=O. The summed E-state index contributed by atoms with van der Waals surface area (Å²) < 4.78 is 0. The van der Waals surface area contributed by atoms with Gasteiger partial charge in [0.05, 0.1) is 0 Å². The summed E-state index contributed by atoms with van der Waals surface area (Å²) in [6, 6.07) is 5.82. The Kier molecular flexibility index (Phi) is 3.50. The minimum Gasteiger partial charge on any atom is -0.326 e. The van der Waals surface area contributed by atoms with Crippen molar-refractivity contribution in [3.8, 4) is 0 Å². The fourth-order valence-corrected chi connectivity index (χ4v) is 2.01. The van der Waals surface area contributed by atoms with Crippen molar-refractivity contribution in [3.05, 3.63) is 29.8 Å². The highest BCUT2D eigenvalue weighted by Gasteiger charge is 2.37. The molecule has 0 bridgehead atoms. The Labute approximate surface area is 110 Å². The van der Waals surface area contributed by atoms with Crippen LogP contribution < -0.4 is 10.6 Å². The number of imide groups is 1. The molecule has 4 amide bonds. The van der Waals surface area contributed by atoms with Crippen molar-refractivity contribution in [1.29, 1.82) is 0 Å². The highest BCUT2D eigenvalue weighted by molar-refractivity contribution is 6.04. The molecule has 0 spiro atoms. The lowest BCUT2D eigenvalue weighted by molar-refractivity contribution is -0.127. The molecular weight excluding hydrogens is 246 g/mol. The summed E-state index contributed by atoms with van der Waals surface area (Å²) in [5.74, 6) is -0.407. The average molecular weight is 261 g/mol. The predicted molar refractivity (Wildman–Crippen MR) is 69.4 cm³/mol. The molecule has 0 aliphatic carbocycles. The molecule has 19 heavy (non-hydrogen) atoms. The number of nitrogens with zero attached hydrogens (tertiary/aromatic N) is 1. The maximum Gasteiger partial charge on any atom is 0.325 e. The number of urea groups is 1. The van der Waals surface area contributed by atoms with Crippen LogP contribution >= 0.6 is 0 Å². The third-order valence-electron chi connectivity index (χ3n) is 2.91. The molecule has 6 nitrogen and oxygen atoms in total. The first-order chi connectivity index (χ1) is 9.02. The summed E-state index contributed by atoms with van der Waals surface area (Å²) in [4.78, 5) is 35.6. The van der Waals surface area contributed by atoms with E-state index in [1.165, 1.54) is 11.8 Å². The number of nitrogens with one attached hydrogen (secondary N) is 2. The van der Waals surface area contributed by atoms with E-state index >= 15 is 0 Å². The third-order valence-corrected chi connectivity index (χ3v) is 2.91. The number of rotatable bonds is 3. The predicted octanol–water partition coefficient (Wildman–Crippen LogP) is 1.26. The van der Waals surface area contributed by atoms with Gasteiger partial charge in [0.25, 0.3) is 5.91 Å². The van der Waals surface area contributed by atoms with Crippen LogP contribution in [-0.4, -0.2) is 29.3 Å². The Morgan fingerprint density at radius 3 is 2.42 bits per heavy atom. The van der Waals surface area contributed by atoms with Crippen LogP contribution in [0.25, 0.3) is 0 Å². The molecule has 1 aromatic rings. The van der Waals surface area contributed by atoms with Crippen LogP contribution in [0, 0.1) is 0 Å². The molecule has 2 rings (SSSR count). The minimum atomic E-state index is -0.640. The zero-order valence-corrected chi connectivity index (χ0v) is 10.8. The monoisotopic (exact) mass is 261 g/mol. The Balaban J connectivity index is 2.17. The summed E-state index contributed by atoms with van der Waals surface area (Å²) in [5.41, 5.74) is 1.35. The van der Waals surface area contributed by atoms with Crippen molar-refractivity contribution < 1.29 is 14.4 Å². The first-order valence-corrected chi connectivity index (χ1v) is 6.02. The van der Waals surface area contributed by atoms with Gasteiger partial charge in [0.1, 0.15) is 6.04 Å². The van der Waals surface area contributed by atoms with Crippen LogP contribution in [0.1, 0.15) is 25.5 Å². The van der Waals surface area contributed by atoms with Crippen LogP contribution in [0.2, 0.25) is 0 Å². The summed E-state index contributed by atoms with van der Waals surface area (Å²) in [7, 11) is 0. The molecule has 0 radical (unpaired) electrons. The normalized spacial score (nSPS) is 18.4. The van der Waals surface area contributed by atoms with E-state index in [1.54, 1.807) is 31.2 Å². The summed E-state index contributed by atoms with van der Waals surface area (Å²) in [5, 5.41) is 5.27. The zero-order chi connectivity index (χ0) is 14.0. The average Bonchev–Trinajstić information content (AvgIpc) is 2.64. The number of hydrogen-bond donors (Lipinski definition) is 2. The molecule has 0 saturated carbocycles. The standard InChI is InChI=1S/C13H15N3O3/c1-3-16-12(18)11(15-13(16)19)9-4-6-10(7-5-9)14-8(2)17/h4-7,11H,3H2,1-2H3,(H,14,17)(H,15,19). The third kappa shape index (κ3) is 2.57. The van der Waals surface area contributed by atoms with Crippen molar-refractivity contribution in [1.82, 2.24) is 10.2 Å². The highest BCUT2D eigenvalue weighted by atomic mass is 16.2. The molecular formula is C13H15N3O3. The van der Waals surface area contributed by atoms with Crippen molar-refractivity contribution in [2.24, 2.45) is 0 Å². The van der Waals surface area contributed by atoms with Gasteiger partial charge in [-0.25, -0.2) is 4.79 Å². The van der Waals surface area contributed by atoms with Gasteiger partial charge in [-0.05, 0) is 24.6 Å². The molecule has 6 heteroatoms. The Morgan fingerprint density at radius 1 is 1.32 bits per heavy atom. The van der Waals surface area contributed by atoms with Gasteiger partial charge in [0.2, 0.25) is 5.91 Å². The first kappa shape index (κ1) is 13.1. The lowest BCUT2D eigenvalue weighted by Gasteiger charge is -2.10. The van der Waals surface area contributed by atoms with Gasteiger partial charge in [0, 0.05) is 19.2 Å². The minimum absolute atomic E-state index is 0.157. The van der Waals surface area contributed by atoms with Crippen molar-refractivity contribution in [2.75, 3.05) is 11.9 Å². The molecule has 2 N–H and O–H groups in total. The Morgan fingerprint density at radius 2 is 1.95 bits per heavy atom. The quantitative estimate of drug-likeness (QED) is 0.804. The van der Waals surface area contributed by atoms with Gasteiger partial charge >= 0.3 is 6.03 Å². The number of likely N-dealkylation sites (N-methyl/N-ethyl adjacent to an activating group) is 1. The van der Waals surface area contributed by atoms with Crippen molar-refractivity contribution >= 4 is 23.5 Å². The molecule has 1 saturated heterocycles. The summed E-state index contributed by atoms with van der Waals surface area (Å²) in [6.07, 6.45) is 0. The van der Waals surface area contributed by atoms with Gasteiger partial charge in [-0.1, -0.05) is 12.1 Å². The van der Waals surface area contributed by atoms with Crippen LogP contribution in [0.15, 0.2) is 24.3 Å². The van der Waals surface area contributed by atoms with Crippen LogP contribution in [0.4, 0.5) is 10.5 Å². The van der Waals surface area contributed by atoms with E-state index in [-0.39, 0.29) is 17.8 Å². The Hall–Kier alpha value is -2.37. The molecule has 1 heterocycles. The molecule has 1 aliphatic rings. The molecule has 1 atom stereocenters. The van der Waals surface area contributed by atoms with E-state index < -0.39 is 6.04 Å². The molecule has 0 aromatic heterocycles. The van der Waals surface area contributed by atoms with Crippen molar-refractivity contribution in [3.63, 3.8) is 0 Å². The molecule has 1 fully saturated rings. The lowest BCUT2D eigenvalue weighted by Crippen LogP contribution is -2.30. The van der Waals surface area contributed by atoms with E-state index in [4.69, 9.17) is 0 Å². The van der Waals surface area contributed by atoms with E-state index in [2.05, 4.69) is 10.6 Å². The van der Waals surface area contributed by atoms with Crippen LogP contribution in [-0.2, 0) is 9.59 Å². The van der Waals surface area contributed by atoms with Gasteiger partial charge in [-0.15, -0.1) is 0 Å². The summed E-state index contributed by atoms with van der Waals surface area (Å²) in [6.45, 7) is 3.53. The summed E-state index contributed by atoms with van der Waals surface area (Å²) >= 11 is 0. The second kappa shape index (κ2) is 5.09. The molecule has 1 aromatic carbocycles. The maximum absolute atomic E-state index is 12.0. The highest BCUT2D eigenvalue weighted by Crippen LogP contribution is 2.23. The van der Waals surface area contributed by atoms with Crippen LogP contribution in [0.5, 0.6) is 0 Å². The van der Waals surface area contributed by atoms with E-state index in [0.29, 0.717) is 17.8 Å². The molecule has 100 valence electrons. The Bertz CT molecular complexity index is 524. The topological polar surface area (TPSA) is 78.5 Å². The largest absolute Gasteiger partial charge is 0.326 e. The van der Waals surface area contributed by atoms with E-state index in [0.717, 1.165) is 0 Å². The maximum atomic E-state index is 12.0. The van der Waals surface area contributed by atoms with Gasteiger partial charge in [0.15, 0.2) is 0 Å². The zero-order valence-electron chi connectivity index (χ0n) is 10.8. The van der Waals surface area contributed by atoms with Crippen LogP contribution in [0.3, 0.4) is 0 Å². The van der Waals surface area contributed by atoms with Gasteiger partial charge < -0.3 is 10.6 Å². The number of benzene rings is 1. The molecule has 1 aliphatic heterocycles. The lowest BCUT2D eigenvalue weighted by atomic mass is 10.1. The van der Waals surface area contributed by atoms with Crippen molar-refractivity contribution in [2.45, 2.75) is 19.9 Å². The number of hydrogen-bond acceptors (Lipinski definition) is 3. The number of carbonyl (C=O) groups excluding carboxylic acids is 3. The fraction of sp³-hybridized carbons (Fsp3) is 0.308. The fourth-order valence-electron chi connectivity index (χ4n) is 2.01. The number of carbonyl (C=O) groups is 3. The van der Waals surface area contributed by atoms with Gasteiger partial charge in [-0.3, -0.25) is 14.5 Å². The number of anilines is 1. The molecule has 1 unspecified atom stereocenters. The number of amides is 4. The first-order valence-electron chi connectivity index (χ1n) is 6.02. The second-order valence-corrected chi connectivity index (χ2v) is 4.27. The second-order valence-electron chi connectivity index (χ2n) is 4.27. The van der Waals surface area contributed by atoms with E-state index in [9.17, 15) is 14.4 Å².